The van der Waals surface area contributed by atoms with Crippen molar-refractivity contribution in [3.63, 3.8) is 0 Å². The first-order valence-electron chi connectivity index (χ1n) is 11.7. The summed E-state index contributed by atoms with van der Waals surface area (Å²) in [5.41, 5.74) is -3.58. The second-order valence-corrected chi connectivity index (χ2v) is 15.7. The summed E-state index contributed by atoms with van der Waals surface area (Å²) >= 11 is 0. The number of pyridine rings is 1. The topological polar surface area (TPSA) is 64.1 Å². The van der Waals surface area contributed by atoms with Gasteiger partial charge in [-0.2, -0.15) is 13.2 Å². The summed E-state index contributed by atoms with van der Waals surface area (Å²) in [6.07, 6.45) is -1.03. The molecule has 2 aromatic rings. The largest absolute Gasteiger partial charge is 0.417 e. The van der Waals surface area contributed by atoms with Gasteiger partial charge in [0.1, 0.15) is 5.69 Å². The van der Waals surface area contributed by atoms with E-state index in [2.05, 4.69) is 17.8 Å². The van der Waals surface area contributed by atoms with Crippen LogP contribution >= 0.6 is 9.24 Å². The molecule has 1 aromatic carbocycles. The molecule has 0 radical (unpaired) electrons. The third kappa shape index (κ3) is 8.65. The summed E-state index contributed by atoms with van der Waals surface area (Å²) in [5.74, 6) is 3.87. The Morgan fingerprint density at radius 1 is 1.18 bits per heavy atom. The van der Waals surface area contributed by atoms with Crippen LogP contribution in [0, 0.1) is 11.8 Å². The number of hydrogen-bond donors (Lipinski definition) is 0. The van der Waals surface area contributed by atoms with Crippen LogP contribution in [-0.2, 0) is 32.9 Å². The zero-order valence-corrected chi connectivity index (χ0v) is 24.7. The van der Waals surface area contributed by atoms with Gasteiger partial charge in [-0.1, -0.05) is 28.3 Å². The van der Waals surface area contributed by atoms with Crippen molar-refractivity contribution in [2.45, 2.75) is 73.3 Å². The number of hydrogen-bond acceptors (Lipinski definition) is 4. The third-order valence-corrected chi connectivity index (χ3v) is 9.78. The molecule has 1 aliphatic rings. The number of nitrogens with zero attached hydrogens (tertiary/aromatic N) is 1. The number of carbonyl (C=O) groups is 1. The first kappa shape index (κ1) is 32.5. The van der Waals surface area contributed by atoms with Crippen LogP contribution in [0.1, 0.15) is 62.2 Å². The van der Waals surface area contributed by atoms with E-state index in [-0.39, 0.29) is 21.8 Å². The number of ketones is 1. The molecular weight excluding hydrogens is 564 g/mol. The van der Waals surface area contributed by atoms with Crippen molar-refractivity contribution >= 4 is 41.2 Å². The van der Waals surface area contributed by atoms with Gasteiger partial charge in [-0.25, -0.2) is 8.78 Å². The summed E-state index contributed by atoms with van der Waals surface area (Å²) in [4.78, 5) is 15.0. The van der Waals surface area contributed by atoms with Crippen molar-refractivity contribution in [2.75, 3.05) is 6.26 Å². The summed E-state index contributed by atoms with van der Waals surface area (Å²) < 4.78 is 87.8. The van der Waals surface area contributed by atoms with E-state index in [0.29, 0.717) is 34.6 Å². The van der Waals surface area contributed by atoms with Crippen LogP contribution in [0.2, 0.25) is 0 Å². The zero-order chi connectivity index (χ0) is 29.3. The lowest BCUT2D eigenvalue weighted by Crippen LogP contribution is -2.43. The first-order chi connectivity index (χ1) is 17.1. The van der Waals surface area contributed by atoms with Gasteiger partial charge < -0.3 is 0 Å². The molecule has 1 aromatic heterocycles. The molecule has 1 saturated carbocycles. The standard InChI is InChI=1S/C16H23F2OPS.C10H10F3NO2S/c1-11-7-13(8-11)15(2,3)21(19)14-6-4-5-12(9-14)10-16(17,18)20;1-6(15)9-8(17(2,3)16)4-7(5-14-9)10(11,12)13/h4-6,9,11,13H,7-8,10,20H2,1-3H3;4-5H,2H2,1,3H3. The van der Waals surface area contributed by atoms with Crippen LogP contribution in [0.3, 0.4) is 0 Å². The van der Waals surface area contributed by atoms with Gasteiger partial charge in [0.05, 0.1) is 21.3 Å². The van der Waals surface area contributed by atoms with Crippen molar-refractivity contribution in [1.82, 2.24) is 4.98 Å². The van der Waals surface area contributed by atoms with Gasteiger partial charge in [0.15, 0.2) is 5.78 Å². The molecule has 212 valence electrons. The fraction of sp³-hybridized carbons (Fsp3) is 0.500. The second-order valence-electron chi connectivity index (χ2n) is 10.4. The molecule has 0 N–H and O–H groups in total. The number of benzene rings is 1. The Bertz CT molecular complexity index is 1300. The highest BCUT2D eigenvalue weighted by atomic mass is 32.2. The SMILES string of the molecule is C=S(C)(=O)c1cc(C(F)(F)F)cnc1C(C)=O.CC1CC(C(C)(C)S(=O)c2cccc(CC(F)(F)P)c2)C1. The zero-order valence-electron chi connectivity index (χ0n) is 21.9. The van der Waals surface area contributed by atoms with Crippen molar-refractivity contribution < 1.29 is 35.2 Å². The maximum absolute atomic E-state index is 13.1. The molecule has 0 saturated heterocycles. The number of halogens is 5. The van der Waals surface area contributed by atoms with Gasteiger partial charge in [0.25, 0.3) is 5.66 Å². The molecule has 4 nitrogen and oxygen atoms in total. The molecule has 0 spiro atoms. The molecule has 0 aliphatic heterocycles. The summed E-state index contributed by atoms with van der Waals surface area (Å²) in [5, 5.41) is 0. The third-order valence-electron chi connectivity index (χ3n) is 6.37. The normalized spacial score (nSPS) is 20.4. The summed E-state index contributed by atoms with van der Waals surface area (Å²) in [7, 11) is -2.57. The molecular formula is C26H33F5NO3PS2. The minimum absolute atomic E-state index is 0.236. The molecule has 3 unspecified atom stereocenters. The average molecular weight is 598 g/mol. The molecule has 1 aliphatic carbocycles. The van der Waals surface area contributed by atoms with E-state index in [9.17, 15) is 35.2 Å². The highest BCUT2D eigenvalue weighted by Gasteiger charge is 2.42. The van der Waals surface area contributed by atoms with Crippen molar-refractivity contribution in [3.05, 3.63) is 53.3 Å². The number of alkyl halides is 5. The maximum Gasteiger partial charge on any atom is 0.417 e. The summed E-state index contributed by atoms with van der Waals surface area (Å²) in [6, 6.07) is 7.50. The Labute approximate surface area is 225 Å². The predicted molar refractivity (Wildman–Crippen MR) is 146 cm³/mol. The van der Waals surface area contributed by atoms with Crippen LogP contribution < -0.4 is 0 Å². The molecule has 1 heterocycles. The van der Waals surface area contributed by atoms with E-state index in [1.165, 1.54) is 0 Å². The van der Waals surface area contributed by atoms with Gasteiger partial charge in [-0.3, -0.25) is 18.2 Å². The van der Waals surface area contributed by atoms with Crippen molar-refractivity contribution in [3.8, 4) is 0 Å². The summed E-state index contributed by atoms with van der Waals surface area (Å²) in [6.45, 7) is 7.40. The molecule has 0 bridgehead atoms. The van der Waals surface area contributed by atoms with Gasteiger partial charge in [0, 0.05) is 35.4 Å². The average Bonchev–Trinajstić information content (AvgIpc) is 2.74. The smallest absolute Gasteiger partial charge is 0.293 e. The van der Waals surface area contributed by atoms with Gasteiger partial charge in [-0.15, -0.1) is 0 Å². The van der Waals surface area contributed by atoms with Gasteiger partial charge >= 0.3 is 6.18 Å². The lowest BCUT2D eigenvalue weighted by molar-refractivity contribution is -0.138. The van der Waals surface area contributed by atoms with E-state index in [4.69, 9.17) is 0 Å². The molecule has 12 heteroatoms. The molecule has 1 fully saturated rings. The number of carbonyl (C=O) groups excluding carboxylic acids is 1. The highest BCUT2D eigenvalue weighted by molar-refractivity contribution is 7.99. The van der Waals surface area contributed by atoms with Crippen LogP contribution in [0.15, 0.2) is 46.3 Å². The number of Topliss-reactive ketones (excluding diaryl/α,β-unsaturated/α-hetero) is 1. The number of aromatic nitrogens is 1. The second kappa shape index (κ2) is 11.8. The molecule has 3 rings (SSSR count). The minimum atomic E-state index is -4.60. The van der Waals surface area contributed by atoms with E-state index >= 15 is 0 Å². The fourth-order valence-electron chi connectivity index (χ4n) is 4.16. The predicted octanol–water partition coefficient (Wildman–Crippen LogP) is 6.64. The van der Waals surface area contributed by atoms with Gasteiger partial charge in [-0.05, 0) is 77.7 Å². The van der Waals surface area contributed by atoms with Crippen molar-refractivity contribution in [1.29, 1.82) is 0 Å². The molecule has 3 atom stereocenters. The maximum atomic E-state index is 13.1. The van der Waals surface area contributed by atoms with E-state index in [0.717, 1.165) is 26.0 Å². The minimum Gasteiger partial charge on any atom is -0.293 e. The van der Waals surface area contributed by atoms with E-state index < -0.39 is 43.5 Å². The molecule has 38 heavy (non-hydrogen) atoms. The quantitative estimate of drug-likeness (QED) is 0.155. The lowest BCUT2D eigenvalue weighted by Gasteiger charge is -2.43. The number of rotatable bonds is 7. The van der Waals surface area contributed by atoms with E-state index in [1.807, 2.05) is 13.8 Å². The lowest BCUT2D eigenvalue weighted by atomic mass is 9.70. The Morgan fingerprint density at radius 2 is 1.76 bits per heavy atom. The highest BCUT2D eigenvalue weighted by Crippen LogP contribution is 2.44. The van der Waals surface area contributed by atoms with Crippen LogP contribution in [0.25, 0.3) is 0 Å². The van der Waals surface area contributed by atoms with Crippen LogP contribution in [0.5, 0.6) is 0 Å². The van der Waals surface area contributed by atoms with Crippen molar-refractivity contribution in [2.24, 2.45) is 11.8 Å². The monoisotopic (exact) mass is 597 g/mol. The van der Waals surface area contributed by atoms with E-state index in [1.54, 1.807) is 33.5 Å². The fourth-order valence-corrected chi connectivity index (χ4v) is 6.94. The van der Waals surface area contributed by atoms with Gasteiger partial charge in [0.2, 0.25) is 0 Å². The molecule has 0 amide bonds. The van der Waals surface area contributed by atoms with Crippen LogP contribution in [0.4, 0.5) is 22.0 Å². The Morgan fingerprint density at radius 3 is 2.21 bits per heavy atom. The first-order valence-corrected chi connectivity index (χ1v) is 15.6. The Hall–Kier alpha value is -1.71. The Kier molecular flexibility index (Phi) is 10.1. The Balaban J connectivity index is 0.000000273. The van der Waals surface area contributed by atoms with Crippen LogP contribution in [-0.4, -0.2) is 41.7 Å².